The van der Waals surface area contributed by atoms with Crippen molar-refractivity contribution >= 4 is 33.4 Å². The van der Waals surface area contributed by atoms with Gasteiger partial charge in [-0.1, -0.05) is 17.7 Å². The van der Waals surface area contributed by atoms with Gasteiger partial charge >= 0.3 is 0 Å². The molecule has 3 nitrogen and oxygen atoms in total. The highest BCUT2D eigenvalue weighted by molar-refractivity contribution is 9.10. The normalized spacial score (nSPS) is 10.3. The second-order valence-corrected chi connectivity index (χ2v) is 5.36. The van der Waals surface area contributed by atoms with E-state index < -0.39 is 0 Å². The average molecular weight is 340 g/mol. The highest BCUT2D eigenvalue weighted by Crippen LogP contribution is 2.33. The third-order valence-corrected chi connectivity index (χ3v) is 3.47. The minimum absolute atomic E-state index is 0.0196. The summed E-state index contributed by atoms with van der Waals surface area (Å²) in [6.45, 7) is 1.95. The van der Waals surface area contributed by atoms with E-state index >= 15 is 0 Å². The van der Waals surface area contributed by atoms with Crippen molar-refractivity contribution in [3.63, 3.8) is 0 Å². The van der Waals surface area contributed by atoms with Gasteiger partial charge in [-0.15, -0.1) is 0 Å². The molecule has 0 amide bonds. The quantitative estimate of drug-likeness (QED) is 0.639. The largest absolute Gasteiger partial charge is 0.456 e. The Morgan fingerprint density at radius 1 is 1.21 bits per heavy atom. The average Bonchev–Trinajstić information content (AvgIpc) is 2.36. The van der Waals surface area contributed by atoms with Gasteiger partial charge < -0.3 is 10.5 Å². The molecule has 0 aliphatic heterocycles. The van der Waals surface area contributed by atoms with Crippen molar-refractivity contribution in [2.75, 3.05) is 0 Å². The Balaban J connectivity index is 2.33. The van der Waals surface area contributed by atoms with Crippen LogP contribution < -0.4 is 10.5 Å². The van der Waals surface area contributed by atoms with E-state index in [1.54, 1.807) is 24.3 Å². The van der Waals surface area contributed by atoms with Crippen molar-refractivity contribution in [3.05, 3.63) is 57.0 Å². The number of hydrogen-bond donors (Lipinski definition) is 2. The van der Waals surface area contributed by atoms with Crippen molar-refractivity contribution in [2.24, 2.45) is 5.73 Å². The summed E-state index contributed by atoms with van der Waals surface area (Å²) in [6.07, 6.45) is 0. The predicted octanol–water partition coefficient (Wildman–Crippen LogP) is 4.49. The Bertz CT molecular complexity index is 643. The molecule has 0 aliphatic carbocycles. The fourth-order valence-corrected chi connectivity index (χ4v) is 2.18. The summed E-state index contributed by atoms with van der Waals surface area (Å²) >= 11 is 9.36. The van der Waals surface area contributed by atoms with E-state index in [4.69, 9.17) is 27.5 Å². The van der Waals surface area contributed by atoms with E-state index in [1.807, 2.05) is 19.1 Å². The Labute approximate surface area is 125 Å². The van der Waals surface area contributed by atoms with Gasteiger partial charge in [-0.3, -0.25) is 5.41 Å². The number of nitrogens with two attached hydrogens (primary N) is 1. The maximum absolute atomic E-state index is 7.38. The first-order valence-electron chi connectivity index (χ1n) is 5.55. The van der Waals surface area contributed by atoms with Crippen molar-refractivity contribution in [3.8, 4) is 11.5 Å². The lowest BCUT2D eigenvalue weighted by atomic mass is 10.2. The zero-order valence-electron chi connectivity index (χ0n) is 10.2. The minimum Gasteiger partial charge on any atom is -0.456 e. The smallest absolute Gasteiger partial charge is 0.141 e. The first kappa shape index (κ1) is 13.9. The number of ether oxygens (including phenoxy) is 1. The first-order valence-corrected chi connectivity index (χ1v) is 6.72. The molecule has 0 saturated heterocycles. The molecule has 0 bridgehead atoms. The van der Waals surface area contributed by atoms with Gasteiger partial charge in [0.25, 0.3) is 0 Å². The van der Waals surface area contributed by atoms with Gasteiger partial charge in [-0.25, -0.2) is 0 Å². The van der Waals surface area contributed by atoms with Crippen LogP contribution in [0.5, 0.6) is 11.5 Å². The lowest BCUT2D eigenvalue weighted by Gasteiger charge is -2.11. The number of hydrogen-bond acceptors (Lipinski definition) is 2. The molecule has 98 valence electrons. The third kappa shape index (κ3) is 3.28. The van der Waals surface area contributed by atoms with E-state index in [1.165, 1.54) is 0 Å². The summed E-state index contributed by atoms with van der Waals surface area (Å²) in [7, 11) is 0. The standard InChI is InChI=1S/C14H12BrClN2O/c1-8-2-4-10(16)7-13(8)19-12-5-3-9(14(17)18)6-11(12)15/h2-7H,1H3,(H3,17,18). The Kier molecular flexibility index (Phi) is 4.12. The van der Waals surface area contributed by atoms with Crippen molar-refractivity contribution in [1.29, 1.82) is 5.41 Å². The summed E-state index contributed by atoms with van der Waals surface area (Å²) in [5.41, 5.74) is 7.07. The van der Waals surface area contributed by atoms with Crippen LogP contribution >= 0.6 is 27.5 Å². The molecule has 0 atom stereocenters. The first-order chi connectivity index (χ1) is 8.97. The fourth-order valence-electron chi connectivity index (χ4n) is 1.55. The molecule has 2 aromatic carbocycles. The van der Waals surface area contributed by atoms with E-state index in [2.05, 4.69) is 15.9 Å². The maximum atomic E-state index is 7.38. The monoisotopic (exact) mass is 338 g/mol. The van der Waals surface area contributed by atoms with Gasteiger partial charge in [0.15, 0.2) is 0 Å². The number of halogens is 2. The number of benzene rings is 2. The second kappa shape index (κ2) is 5.63. The van der Waals surface area contributed by atoms with Gasteiger partial charge in [0, 0.05) is 10.6 Å². The lowest BCUT2D eigenvalue weighted by molar-refractivity contribution is 0.476. The molecule has 19 heavy (non-hydrogen) atoms. The van der Waals surface area contributed by atoms with Crippen molar-refractivity contribution < 1.29 is 4.74 Å². The molecule has 0 fully saturated rings. The van der Waals surface area contributed by atoms with Gasteiger partial charge in [0.2, 0.25) is 0 Å². The highest BCUT2D eigenvalue weighted by atomic mass is 79.9. The summed E-state index contributed by atoms with van der Waals surface area (Å²) < 4.78 is 6.55. The van der Waals surface area contributed by atoms with Crippen LogP contribution in [0.3, 0.4) is 0 Å². The van der Waals surface area contributed by atoms with Crippen LogP contribution in [0.1, 0.15) is 11.1 Å². The molecule has 0 aromatic heterocycles. The molecule has 0 spiro atoms. The third-order valence-electron chi connectivity index (χ3n) is 2.61. The topological polar surface area (TPSA) is 59.1 Å². The van der Waals surface area contributed by atoms with Gasteiger partial charge in [0.05, 0.1) is 4.47 Å². The minimum atomic E-state index is 0.0196. The molecule has 2 rings (SSSR count). The molecule has 3 N–H and O–H groups in total. The highest BCUT2D eigenvalue weighted by Gasteiger charge is 2.08. The predicted molar refractivity (Wildman–Crippen MR) is 81.4 cm³/mol. The molecule has 5 heteroatoms. The summed E-state index contributed by atoms with van der Waals surface area (Å²) in [6, 6.07) is 10.7. The summed E-state index contributed by atoms with van der Waals surface area (Å²) in [5.74, 6) is 1.37. The van der Waals surface area contributed by atoms with E-state index in [-0.39, 0.29) is 5.84 Å². The lowest BCUT2D eigenvalue weighted by Crippen LogP contribution is -2.10. The van der Waals surface area contributed by atoms with Crippen LogP contribution in [0.2, 0.25) is 5.02 Å². The molecule has 0 aliphatic rings. The van der Waals surface area contributed by atoms with Crippen molar-refractivity contribution in [2.45, 2.75) is 6.92 Å². The molecule has 0 unspecified atom stereocenters. The van der Waals surface area contributed by atoms with E-state index in [9.17, 15) is 0 Å². The van der Waals surface area contributed by atoms with E-state index in [0.29, 0.717) is 22.1 Å². The number of nitrogen functional groups attached to an aromatic ring is 1. The second-order valence-electron chi connectivity index (χ2n) is 4.07. The van der Waals surface area contributed by atoms with Crippen LogP contribution in [0.25, 0.3) is 0 Å². The van der Waals surface area contributed by atoms with E-state index in [0.717, 1.165) is 10.0 Å². The maximum Gasteiger partial charge on any atom is 0.141 e. The van der Waals surface area contributed by atoms with Crippen LogP contribution in [0.15, 0.2) is 40.9 Å². The van der Waals surface area contributed by atoms with Gasteiger partial charge in [-0.2, -0.15) is 0 Å². The van der Waals surface area contributed by atoms with Crippen LogP contribution in [-0.2, 0) is 0 Å². The van der Waals surface area contributed by atoms with Crippen LogP contribution in [-0.4, -0.2) is 5.84 Å². The number of nitrogens with one attached hydrogen (secondary N) is 1. The summed E-state index contributed by atoms with van der Waals surface area (Å²) in [5, 5.41) is 8.01. The molecule has 2 aromatic rings. The zero-order chi connectivity index (χ0) is 14.0. The molecular weight excluding hydrogens is 328 g/mol. The molecule has 0 heterocycles. The van der Waals surface area contributed by atoms with Gasteiger partial charge in [-0.05, 0) is 58.7 Å². The van der Waals surface area contributed by atoms with Crippen LogP contribution in [0.4, 0.5) is 0 Å². The zero-order valence-corrected chi connectivity index (χ0v) is 12.5. The number of amidine groups is 1. The summed E-state index contributed by atoms with van der Waals surface area (Å²) in [4.78, 5) is 0. The Morgan fingerprint density at radius 3 is 2.58 bits per heavy atom. The fraction of sp³-hybridized carbons (Fsp3) is 0.0714. The molecular formula is C14H12BrClN2O. The SMILES string of the molecule is Cc1ccc(Cl)cc1Oc1ccc(C(=N)N)cc1Br. The Hall–Kier alpha value is -1.52. The van der Waals surface area contributed by atoms with Crippen LogP contribution in [0, 0.1) is 12.3 Å². The number of aryl methyl sites for hydroxylation is 1. The van der Waals surface area contributed by atoms with Crippen molar-refractivity contribution in [1.82, 2.24) is 0 Å². The molecule has 0 radical (unpaired) electrons. The number of rotatable bonds is 3. The van der Waals surface area contributed by atoms with Gasteiger partial charge in [0.1, 0.15) is 17.3 Å². The Morgan fingerprint density at radius 2 is 1.95 bits per heavy atom. The molecule has 0 saturated carbocycles.